The van der Waals surface area contributed by atoms with Crippen LogP contribution in [-0.4, -0.2) is 16.9 Å². The van der Waals surface area contributed by atoms with E-state index in [9.17, 15) is 4.79 Å². The summed E-state index contributed by atoms with van der Waals surface area (Å²) in [5.41, 5.74) is 6.15. The van der Waals surface area contributed by atoms with Crippen LogP contribution in [0.1, 0.15) is 37.0 Å². The number of nitrogens with one attached hydrogen (secondary N) is 1. The van der Waals surface area contributed by atoms with Crippen molar-refractivity contribution < 1.29 is 4.79 Å². The van der Waals surface area contributed by atoms with Gasteiger partial charge in [0.2, 0.25) is 0 Å². The molecular weight excluding hydrogens is 214 g/mol. The fourth-order valence-electron chi connectivity index (χ4n) is 2.41. The van der Waals surface area contributed by atoms with Crippen LogP contribution in [0.5, 0.6) is 0 Å². The van der Waals surface area contributed by atoms with Crippen molar-refractivity contribution in [1.82, 2.24) is 10.3 Å². The summed E-state index contributed by atoms with van der Waals surface area (Å²) in [4.78, 5) is 15.9. The number of aromatic nitrogens is 1. The summed E-state index contributed by atoms with van der Waals surface area (Å²) in [7, 11) is 0. The number of carbonyl (C=O) groups is 1. The largest absolute Gasteiger partial charge is 0.384 e. The van der Waals surface area contributed by atoms with Crippen molar-refractivity contribution in [3.8, 4) is 0 Å². The molecule has 0 bridgehead atoms. The molecule has 4 heteroatoms. The minimum atomic E-state index is -0.0509. The average molecular weight is 233 g/mol. The third kappa shape index (κ3) is 2.57. The minimum absolute atomic E-state index is 0.0509. The number of nitrogen functional groups attached to an aromatic ring is 1. The maximum absolute atomic E-state index is 12.0. The highest BCUT2D eigenvalue weighted by Gasteiger charge is 2.30. The van der Waals surface area contributed by atoms with Crippen molar-refractivity contribution in [2.75, 3.05) is 5.73 Å². The Bertz CT molecular complexity index is 419. The number of carbonyl (C=O) groups excluding carboxylic acids is 1. The van der Waals surface area contributed by atoms with Crippen LogP contribution in [0.25, 0.3) is 0 Å². The molecule has 1 aliphatic carbocycles. The molecule has 17 heavy (non-hydrogen) atoms. The van der Waals surface area contributed by atoms with E-state index in [4.69, 9.17) is 5.73 Å². The lowest BCUT2D eigenvalue weighted by atomic mass is 9.97. The molecule has 0 aromatic carbocycles. The second-order valence-electron chi connectivity index (χ2n) is 4.96. The molecule has 0 aliphatic heterocycles. The van der Waals surface area contributed by atoms with Gasteiger partial charge in [-0.3, -0.25) is 4.79 Å². The van der Waals surface area contributed by atoms with E-state index in [0.29, 0.717) is 23.2 Å². The molecule has 1 aliphatic rings. The Kier molecular flexibility index (Phi) is 3.31. The van der Waals surface area contributed by atoms with Crippen LogP contribution in [0.4, 0.5) is 5.82 Å². The molecule has 0 radical (unpaired) electrons. The Morgan fingerprint density at radius 3 is 2.82 bits per heavy atom. The van der Waals surface area contributed by atoms with Crippen LogP contribution < -0.4 is 11.1 Å². The Labute approximate surface area is 102 Å². The van der Waals surface area contributed by atoms with Crippen LogP contribution >= 0.6 is 0 Å². The lowest BCUT2D eigenvalue weighted by molar-refractivity contribution is 0.0927. The minimum Gasteiger partial charge on any atom is -0.384 e. The summed E-state index contributed by atoms with van der Waals surface area (Å²) < 4.78 is 0. The molecule has 1 fully saturated rings. The van der Waals surface area contributed by atoms with Gasteiger partial charge in [-0.15, -0.1) is 0 Å². The van der Waals surface area contributed by atoms with Crippen molar-refractivity contribution in [1.29, 1.82) is 0 Å². The van der Waals surface area contributed by atoms with Gasteiger partial charge >= 0.3 is 0 Å². The van der Waals surface area contributed by atoms with Crippen molar-refractivity contribution in [3.63, 3.8) is 0 Å². The normalized spacial score (nSPS) is 28.0. The summed E-state index contributed by atoms with van der Waals surface area (Å²) in [6.45, 7) is 4.44. The number of anilines is 1. The highest BCUT2D eigenvalue weighted by molar-refractivity contribution is 5.94. The topological polar surface area (TPSA) is 68.0 Å². The quantitative estimate of drug-likeness (QED) is 0.818. The van der Waals surface area contributed by atoms with Gasteiger partial charge in [-0.2, -0.15) is 0 Å². The number of nitrogens with zero attached hydrogens (tertiary/aromatic N) is 1. The molecule has 0 spiro atoms. The predicted octanol–water partition coefficient (Wildman–Crippen LogP) is 1.83. The third-order valence-electron chi connectivity index (χ3n) is 3.83. The van der Waals surface area contributed by atoms with Gasteiger partial charge in [0, 0.05) is 17.8 Å². The lowest BCUT2D eigenvalue weighted by Crippen LogP contribution is -2.37. The van der Waals surface area contributed by atoms with Crippen LogP contribution in [0.15, 0.2) is 18.3 Å². The number of hydrogen-bond donors (Lipinski definition) is 2. The second kappa shape index (κ2) is 4.73. The summed E-state index contributed by atoms with van der Waals surface area (Å²) in [5.74, 6) is 1.55. The Morgan fingerprint density at radius 2 is 2.24 bits per heavy atom. The summed E-state index contributed by atoms with van der Waals surface area (Å²) in [6.07, 6.45) is 3.81. The van der Waals surface area contributed by atoms with Gasteiger partial charge in [-0.25, -0.2) is 4.98 Å². The first-order valence-corrected chi connectivity index (χ1v) is 6.10. The predicted molar refractivity (Wildman–Crippen MR) is 67.5 cm³/mol. The van der Waals surface area contributed by atoms with Gasteiger partial charge in [0.1, 0.15) is 5.82 Å². The zero-order valence-corrected chi connectivity index (χ0v) is 10.3. The van der Waals surface area contributed by atoms with E-state index in [1.807, 2.05) is 0 Å². The molecule has 3 atom stereocenters. The molecule has 2 rings (SSSR count). The monoisotopic (exact) mass is 233 g/mol. The van der Waals surface area contributed by atoms with Crippen molar-refractivity contribution in [3.05, 3.63) is 23.9 Å². The average Bonchev–Trinajstić information content (AvgIpc) is 2.61. The molecule has 92 valence electrons. The van der Waals surface area contributed by atoms with E-state index < -0.39 is 0 Å². The summed E-state index contributed by atoms with van der Waals surface area (Å²) in [6, 6.07) is 3.58. The van der Waals surface area contributed by atoms with Crippen LogP contribution in [0.3, 0.4) is 0 Å². The van der Waals surface area contributed by atoms with E-state index >= 15 is 0 Å². The standard InChI is InChI=1S/C13H19N3O/c1-8-3-4-11(9(8)2)16-13(17)10-5-6-15-12(14)7-10/h5-9,11H,3-4H2,1-2H3,(H2,14,15)(H,16,17). The van der Waals surface area contributed by atoms with Crippen LogP contribution in [-0.2, 0) is 0 Å². The highest BCUT2D eigenvalue weighted by Crippen LogP contribution is 2.31. The van der Waals surface area contributed by atoms with Gasteiger partial charge in [-0.05, 0) is 36.8 Å². The van der Waals surface area contributed by atoms with E-state index in [1.54, 1.807) is 18.3 Å². The second-order valence-corrected chi connectivity index (χ2v) is 4.96. The van der Waals surface area contributed by atoms with Crippen LogP contribution in [0, 0.1) is 11.8 Å². The molecular formula is C13H19N3O. The van der Waals surface area contributed by atoms with Crippen molar-refractivity contribution in [2.45, 2.75) is 32.7 Å². The molecule has 3 N–H and O–H groups in total. The zero-order chi connectivity index (χ0) is 12.4. The molecule has 1 heterocycles. The summed E-state index contributed by atoms with van der Waals surface area (Å²) in [5, 5.41) is 3.08. The molecule has 0 saturated heterocycles. The van der Waals surface area contributed by atoms with Gasteiger partial charge in [-0.1, -0.05) is 13.8 Å². The molecule has 1 aromatic heterocycles. The number of amides is 1. The van der Waals surface area contributed by atoms with E-state index in [1.165, 1.54) is 6.42 Å². The first-order chi connectivity index (χ1) is 8.08. The first-order valence-electron chi connectivity index (χ1n) is 6.10. The lowest BCUT2D eigenvalue weighted by Gasteiger charge is -2.19. The van der Waals surface area contributed by atoms with E-state index in [2.05, 4.69) is 24.1 Å². The highest BCUT2D eigenvalue weighted by atomic mass is 16.1. The molecule has 4 nitrogen and oxygen atoms in total. The van der Waals surface area contributed by atoms with Gasteiger partial charge in [0.25, 0.3) is 5.91 Å². The number of pyridine rings is 1. The Balaban J connectivity index is 2.02. The summed E-state index contributed by atoms with van der Waals surface area (Å²) >= 11 is 0. The number of hydrogen-bond acceptors (Lipinski definition) is 3. The van der Waals surface area contributed by atoms with E-state index in [0.717, 1.165) is 6.42 Å². The fraction of sp³-hybridized carbons (Fsp3) is 0.538. The fourth-order valence-corrected chi connectivity index (χ4v) is 2.41. The first kappa shape index (κ1) is 11.9. The SMILES string of the molecule is CC1CCC(NC(=O)c2ccnc(N)c2)C1C. The molecule has 1 saturated carbocycles. The van der Waals surface area contributed by atoms with Crippen molar-refractivity contribution in [2.24, 2.45) is 11.8 Å². The Hall–Kier alpha value is -1.58. The van der Waals surface area contributed by atoms with Crippen molar-refractivity contribution >= 4 is 11.7 Å². The smallest absolute Gasteiger partial charge is 0.251 e. The van der Waals surface area contributed by atoms with Gasteiger partial charge < -0.3 is 11.1 Å². The maximum atomic E-state index is 12.0. The Morgan fingerprint density at radius 1 is 1.47 bits per heavy atom. The third-order valence-corrected chi connectivity index (χ3v) is 3.83. The van der Waals surface area contributed by atoms with Crippen LogP contribution in [0.2, 0.25) is 0 Å². The zero-order valence-electron chi connectivity index (χ0n) is 10.3. The van der Waals surface area contributed by atoms with Gasteiger partial charge in [0.15, 0.2) is 0 Å². The molecule has 1 aromatic rings. The van der Waals surface area contributed by atoms with Gasteiger partial charge in [0.05, 0.1) is 0 Å². The molecule has 3 unspecified atom stereocenters. The maximum Gasteiger partial charge on any atom is 0.251 e. The number of rotatable bonds is 2. The molecule has 1 amide bonds. The number of nitrogens with two attached hydrogens (primary N) is 1. The van der Waals surface area contributed by atoms with E-state index in [-0.39, 0.29) is 11.9 Å².